The Hall–Kier alpha value is 0.230. The van der Waals surface area contributed by atoms with Crippen molar-refractivity contribution in [3.05, 3.63) is 0 Å². The van der Waals surface area contributed by atoms with E-state index in [4.69, 9.17) is 4.74 Å². The van der Waals surface area contributed by atoms with Crippen molar-refractivity contribution in [1.29, 1.82) is 0 Å². The molecule has 1 aliphatic rings. The van der Waals surface area contributed by atoms with Crippen molar-refractivity contribution >= 4 is 11.8 Å². The highest BCUT2D eigenvalue weighted by molar-refractivity contribution is 7.98. The second kappa shape index (κ2) is 6.99. The molecule has 20 heavy (non-hydrogen) atoms. The summed E-state index contributed by atoms with van der Waals surface area (Å²) in [6.45, 7) is 15.5. The van der Waals surface area contributed by atoms with Crippen LogP contribution in [0.15, 0.2) is 0 Å². The standard InChI is InChI=1S/C16H34N2OS/c1-9-17-14-13(10-18(7)12(2)11-20-8)15(3,4)19-16(14,5)6/h12-14,17H,9-11H2,1-8H3. The number of thioether (sulfide) groups is 1. The maximum Gasteiger partial charge on any atom is 0.0790 e. The number of hydrogen-bond acceptors (Lipinski definition) is 4. The minimum absolute atomic E-state index is 0.0797. The highest BCUT2D eigenvalue weighted by atomic mass is 32.2. The van der Waals surface area contributed by atoms with Crippen molar-refractivity contribution in [2.24, 2.45) is 5.92 Å². The largest absolute Gasteiger partial charge is 0.368 e. The quantitative estimate of drug-likeness (QED) is 0.781. The Morgan fingerprint density at radius 3 is 2.35 bits per heavy atom. The van der Waals surface area contributed by atoms with E-state index in [2.05, 4.69) is 65.1 Å². The van der Waals surface area contributed by atoms with Crippen LogP contribution in [-0.4, -0.2) is 60.3 Å². The smallest absolute Gasteiger partial charge is 0.0790 e. The number of nitrogens with zero attached hydrogens (tertiary/aromatic N) is 1. The Morgan fingerprint density at radius 2 is 1.85 bits per heavy atom. The van der Waals surface area contributed by atoms with Gasteiger partial charge < -0.3 is 15.0 Å². The summed E-state index contributed by atoms with van der Waals surface area (Å²) in [4.78, 5) is 2.48. The van der Waals surface area contributed by atoms with Gasteiger partial charge in [0.05, 0.1) is 11.2 Å². The summed E-state index contributed by atoms with van der Waals surface area (Å²) in [5.74, 6) is 1.69. The lowest BCUT2D eigenvalue weighted by atomic mass is 9.82. The average Bonchev–Trinajstić information content (AvgIpc) is 2.47. The van der Waals surface area contributed by atoms with Crippen molar-refractivity contribution < 1.29 is 4.74 Å². The number of rotatable bonds is 7. The van der Waals surface area contributed by atoms with Gasteiger partial charge in [-0.3, -0.25) is 0 Å². The molecular weight excluding hydrogens is 268 g/mol. The molecule has 120 valence electrons. The number of hydrogen-bond donors (Lipinski definition) is 1. The first-order chi connectivity index (χ1) is 9.15. The number of ether oxygens (including phenoxy) is 1. The first kappa shape index (κ1) is 18.3. The molecular formula is C16H34N2OS. The highest BCUT2D eigenvalue weighted by Crippen LogP contribution is 2.42. The van der Waals surface area contributed by atoms with Crippen molar-refractivity contribution in [3.63, 3.8) is 0 Å². The summed E-state index contributed by atoms with van der Waals surface area (Å²) in [6, 6.07) is 1.01. The Morgan fingerprint density at radius 1 is 1.25 bits per heavy atom. The van der Waals surface area contributed by atoms with E-state index >= 15 is 0 Å². The van der Waals surface area contributed by atoms with Crippen LogP contribution in [0.4, 0.5) is 0 Å². The average molecular weight is 303 g/mol. The second-order valence-electron chi connectivity index (χ2n) is 7.19. The molecule has 1 fully saturated rings. The maximum absolute atomic E-state index is 6.36. The first-order valence-corrected chi connectivity index (χ1v) is 9.17. The fourth-order valence-corrected chi connectivity index (χ4v) is 4.23. The van der Waals surface area contributed by atoms with E-state index in [0.29, 0.717) is 18.0 Å². The van der Waals surface area contributed by atoms with Crippen LogP contribution in [0.2, 0.25) is 0 Å². The molecule has 0 aromatic rings. The van der Waals surface area contributed by atoms with Crippen LogP contribution in [0.25, 0.3) is 0 Å². The van der Waals surface area contributed by atoms with Gasteiger partial charge in [-0.2, -0.15) is 11.8 Å². The van der Waals surface area contributed by atoms with Crippen LogP contribution in [0.1, 0.15) is 41.5 Å². The highest BCUT2D eigenvalue weighted by Gasteiger charge is 2.53. The van der Waals surface area contributed by atoms with Crippen LogP contribution >= 0.6 is 11.8 Å². The Balaban J connectivity index is 2.83. The fraction of sp³-hybridized carbons (Fsp3) is 1.00. The van der Waals surface area contributed by atoms with Gasteiger partial charge in [0, 0.05) is 30.3 Å². The number of nitrogens with one attached hydrogen (secondary N) is 1. The molecule has 0 bridgehead atoms. The predicted octanol–water partition coefficient (Wildman–Crippen LogP) is 2.85. The molecule has 1 rings (SSSR count). The van der Waals surface area contributed by atoms with Gasteiger partial charge >= 0.3 is 0 Å². The molecule has 3 unspecified atom stereocenters. The topological polar surface area (TPSA) is 24.5 Å². The van der Waals surface area contributed by atoms with Gasteiger partial charge in [0.25, 0.3) is 0 Å². The lowest BCUT2D eigenvalue weighted by Crippen LogP contribution is -2.51. The van der Waals surface area contributed by atoms with Gasteiger partial charge in [-0.05, 0) is 54.5 Å². The van der Waals surface area contributed by atoms with Gasteiger partial charge in [0.1, 0.15) is 0 Å². The van der Waals surface area contributed by atoms with Crippen LogP contribution in [0.5, 0.6) is 0 Å². The van der Waals surface area contributed by atoms with E-state index in [9.17, 15) is 0 Å². The zero-order chi connectivity index (χ0) is 15.6. The number of likely N-dealkylation sites (N-methyl/N-ethyl adjacent to an activating group) is 1. The summed E-state index contributed by atoms with van der Waals surface area (Å²) in [5.41, 5.74) is -0.183. The third-order valence-corrected chi connectivity index (χ3v) is 5.46. The van der Waals surface area contributed by atoms with E-state index in [1.807, 2.05) is 11.8 Å². The van der Waals surface area contributed by atoms with Crippen molar-refractivity contribution in [1.82, 2.24) is 10.2 Å². The molecule has 0 aromatic carbocycles. The molecule has 3 nitrogen and oxygen atoms in total. The molecule has 3 atom stereocenters. The maximum atomic E-state index is 6.36. The zero-order valence-corrected chi connectivity index (χ0v) is 15.4. The van der Waals surface area contributed by atoms with E-state index < -0.39 is 0 Å². The zero-order valence-electron chi connectivity index (χ0n) is 14.6. The lowest BCUT2D eigenvalue weighted by molar-refractivity contribution is -0.0795. The van der Waals surface area contributed by atoms with Gasteiger partial charge in [-0.25, -0.2) is 0 Å². The van der Waals surface area contributed by atoms with Gasteiger partial charge in [-0.1, -0.05) is 6.92 Å². The molecule has 1 saturated heterocycles. The van der Waals surface area contributed by atoms with Crippen molar-refractivity contribution in [2.75, 3.05) is 32.1 Å². The van der Waals surface area contributed by atoms with E-state index in [1.54, 1.807) is 0 Å². The second-order valence-corrected chi connectivity index (χ2v) is 8.11. The molecule has 1 N–H and O–H groups in total. The van der Waals surface area contributed by atoms with Crippen LogP contribution in [-0.2, 0) is 4.74 Å². The lowest BCUT2D eigenvalue weighted by Gasteiger charge is -2.35. The van der Waals surface area contributed by atoms with Gasteiger partial charge in [0.2, 0.25) is 0 Å². The Labute approximate surface area is 130 Å². The summed E-state index contributed by atoms with van der Waals surface area (Å²) in [7, 11) is 2.24. The Kier molecular flexibility index (Phi) is 6.39. The minimum Gasteiger partial charge on any atom is -0.368 e. The van der Waals surface area contributed by atoms with Gasteiger partial charge in [0.15, 0.2) is 0 Å². The monoisotopic (exact) mass is 302 g/mol. The fourth-order valence-electron chi connectivity index (χ4n) is 3.49. The Bertz CT molecular complexity index is 307. The molecule has 0 saturated carbocycles. The van der Waals surface area contributed by atoms with E-state index in [0.717, 1.165) is 13.1 Å². The SMILES string of the molecule is CCNC1C(CN(C)C(C)CSC)C(C)(C)OC1(C)C. The normalized spacial score (nSPS) is 29.9. The molecule has 0 amide bonds. The predicted molar refractivity (Wildman–Crippen MR) is 90.7 cm³/mol. The van der Waals surface area contributed by atoms with Crippen molar-refractivity contribution in [3.8, 4) is 0 Å². The summed E-state index contributed by atoms with van der Waals surface area (Å²) < 4.78 is 6.36. The van der Waals surface area contributed by atoms with Gasteiger partial charge in [-0.15, -0.1) is 0 Å². The molecule has 0 radical (unpaired) electrons. The first-order valence-electron chi connectivity index (χ1n) is 7.78. The third-order valence-electron chi connectivity index (χ3n) is 4.64. The van der Waals surface area contributed by atoms with Crippen LogP contribution in [0, 0.1) is 5.92 Å². The minimum atomic E-state index is -0.103. The summed E-state index contributed by atoms with van der Waals surface area (Å²) in [5, 5.41) is 3.66. The molecule has 4 heteroatoms. The molecule has 1 heterocycles. The summed E-state index contributed by atoms with van der Waals surface area (Å²) in [6.07, 6.45) is 2.18. The van der Waals surface area contributed by atoms with Crippen molar-refractivity contribution in [2.45, 2.75) is 64.8 Å². The van der Waals surface area contributed by atoms with Crippen LogP contribution in [0.3, 0.4) is 0 Å². The van der Waals surface area contributed by atoms with E-state index in [-0.39, 0.29) is 11.2 Å². The molecule has 0 spiro atoms. The summed E-state index contributed by atoms with van der Waals surface area (Å²) >= 11 is 1.92. The molecule has 1 aliphatic heterocycles. The third kappa shape index (κ3) is 4.12. The van der Waals surface area contributed by atoms with Crippen LogP contribution < -0.4 is 5.32 Å². The van der Waals surface area contributed by atoms with E-state index in [1.165, 1.54) is 5.75 Å². The molecule has 0 aromatic heterocycles. The molecule has 0 aliphatic carbocycles.